The van der Waals surface area contributed by atoms with E-state index in [0.717, 1.165) is 13.1 Å². The summed E-state index contributed by atoms with van der Waals surface area (Å²) in [6, 6.07) is 6.95. The van der Waals surface area contributed by atoms with E-state index in [4.69, 9.17) is 0 Å². The number of nitrogens with zero attached hydrogens (tertiary/aromatic N) is 3. The summed E-state index contributed by atoms with van der Waals surface area (Å²) in [6.07, 6.45) is 10.2. The topological polar surface area (TPSA) is 29.0 Å². The van der Waals surface area contributed by atoms with E-state index in [1.807, 2.05) is 30.9 Å². The van der Waals surface area contributed by atoms with Crippen LogP contribution in [0.4, 0.5) is 0 Å². The zero-order chi connectivity index (χ0) is 13.1. The molecule has 1 saturated heterocycles. The summed E-state index contributed by atoms with van der Waals surface area (Å²) in [5.41, 5.74) is 3.87. The van der Waals surface area contributed by atoms with Crippen LogP contribution >= 0.6 is 0 Å². The van der Waals surface area contributed by atoms with Gasteiger partial charge in [0, 0.05) is 37.4 Å². The largest absolute Gasteiger partial charge is 0.292 e. The van der Waals surface area contributed by atoms with E-state index in [1.54, 1.807) is 0 Å². The quantitative estimate of drug-likeness (QED) is 0.841. The fourth-order valence-corrected chi connectivity index (χ4v) is 2.90. The van der Waals surface area contributed by atoms with Crippen molar-refractivity contribution in [2.24, 2.45) is 0 Å². The molecule has 3 nitrogen and oxygen atoms in total. The van der Waals surface area contributed by atoms with Gasteiger partial charge in [0.15, 0.2) is 0 Å². The lowest BCUT2D eigenvalue weighted by molar-refractivity contribution is 0.248. The second-order valence-electron chi connectivity index (χ2n) is 5.29. The summed E-state index contributed by atoms with van der Waals surface area (Å²) in [5, 5.41) is 0. The highest BCUT2D eigenvalue weighted by Gasteiger charge is 2.25. The Morgan fingerprint density at radius 2 is 2.21 bits per heavy atom. The van der Waals surface area contributed by atoms with E-state index in [1.165, 1.54) is 29.5 Å². The Hall–Kier alpha value is -1.74. The average Bonchev–Trinajstić information content (AvgIpc) is 2.88. The van der Waals surface area contributed by atoms with Gasteiger partial charge in [-0.3, -0.25) is 14.9 Å². The minimum absolute atomic E-state index is 0.509. The monoisotopic (exact) mass is 253 g/mol. The number of aryl methyl sites for hydroxylation is 1. The van der Waals surface area contributed by atoms with Crippen molar-refractivity contribution in [2.75, 3.05) is 6.54 Å². The first kappa shape index (κ1) is 12.3. The average molecular weight is 253 g/mol. The molecule has 0 N–H and O–H groups in total. The van der Waals surface area contributed by atoms with Gasteiger partial charge < -0.3 is 0 Å². The van der Waals surface area contributed by atoms with Crippen molar-refractivity contribution < 1.29 is 0 Å². The van der Waals surface area contributed by atoms with Crippen molar-refractivity contribution in [1.29, 1.82) is 0 Å². The zero-order valence-electron chi connectivity index (χ0n) is 11.3. The summed E-state index contributed by atoms with van der Waals surface area (Å²) in [4.78, 5) is 11.1. The van der Waals surface area contributed by atoms with Crippen molar-refractivity contribution in [1.82, 2.24) is 14.9 Å². The van der Waals surface area contributed by atoms with E-state index in [9.17, 15) is 0 Å². The Labute approximate surface area is 114 Å². The molecule has 98 valence electrons. The van der Waals surface area contributed by atoms with Gasteiger partial charge in [-0.2, -0.15) is 0 Å². The number of hydrogen-bond acceptors (Lipinski definition) is 3. The predicted octanol–water partition coefficient (Wildman–Crippen LogP) is 3.12. The summed E-state index contributed by atoms with van der Waals surface area (Å²) < 4.78 is 0. The van der Waals surface area contributed by atoms with Crippen LogP contribution in [0.25, 0.3) is 0 Å². The SMILES string of the molecule is Cc1cncc(CN2CCCC2c2cccnc2)c1. The van der Waals surface area contributed by atoms with E-state index in [0.29, 0.717) is 6.04 Å². The molecule has 19 heavy (non-hydrogen) atoms. The fourth-order valence-electron chi connectivity index (χ4n) is 2.90. The first-order chi connectivity index (χ1) is 9.33. The predicted molar refractivity (Wildman–Crippen MR) is 75.6 cm³/mol. The second kappa shape index (κ2) is 5.49. The van der Waals surface area contributed by atoms with Gasteiger partial charge in [-0.25, -0.2) is 0 Å². The number of likely N-dealkylation sites (tertiary alicyclic amines) is 1. The Morgan fingerprint density at radius 3 is 3.00 bits per heavy atom. The maximum atomic E-state index is 4.29. The first-order valence-corrected chi connectivity index (χ1v) is 6.87. The van der Waals surface area contributed by atoms with Gasteiger partial charge in [0.05, 0.1) is 0 Å². The molecule has 2 aromatic rings. The normalized spacial score (nSPS) is 19.7. The first-order valence-electron chi connectivity index (χ1n) is 6.87. The molecular formula is C16H19N3. The van der Waals surface area contributed by atoms with Crippen molar-refractivity contribution in [3.8, 4) is 0 Å². The maximum Gasteiger partial charge on any atom is 0.0367 e. The molecule has 1 aliphatic rings. The lowest BCUT2D eigenvalue weighted by Gasteiger charge is -2.24. The van der Waals surface area contributed by atoms with Crippen LogP contribution in [0.15, 0.2) is 43.0 Å². The fraction of sp³-hybridized carbons (Fsp3) is 0.375. The third kappa shape index (κ3) is 2.82. The molecule has 0 aliphatic carbocycles. The standard InChI is InChI=1S/C16H19N3/c1-13-8-14(10-18-9-13)12-19-7-3-5-16(19)15-4-2-6-17-11-15/h2,4,6,8-11,16H,3,5,7,12H2,1H3. The molecule has 0 aromatic carbocycles. The second-order valence-corrected chi connectivity index (χ2v) is 5.29. The molecule has 3 rings (SSSR count). The van der Waals surface area contributed by atoms with Gasteiger partial charge in [0.1, 0.15) is 0 Å². The Balaban J connectivity index is 1.77. The molecule has 3 heterocycles. The number of aromatic nitrogens is 2. The molecule has 0 amide bonds. The lowest BCUT2D eigenvalue weighted by atomic mass is 10.1. The van der Waals surface area contributed by atoms with Gasteiger partial charge in [-0.05, 0) is 49.1 Å². The van der Waals surface area contributed by atoms with Gasteiger partial charge in [-0.1, -0.05) is 12.1 Å². The highest BCUT2D eigenvalue weighted by atomic mass is 15.2. The highest BCUT2D eigenvalue weighted by molar-refractivity contribution is 5.19. The molecule has 0 bridgehead atoms. The Bertz CT molecular complexity index is 539. The summed E-state index contributed by atoms with van der Waals surface area (Å²) >= 11 is 0. The van der Waals surface area contributed by atoms with Crippen molar-refractivity contribution >= 4 is 0 Å². The zero-order valence-corrected chi connectivity index (χ0v) is 11.3. The molecule has 0 saturated carbocycles. The third-order valence-corrected chi connectivity index (χ3v) is 3.75. The van der Waals surface area contributed by atoms with E-state index < -0.39 is 0 Å². The van der Waals surface area contributed by atoms with Crippen molar-refractivity contribution in [2.45, 2.75) is 32.4 Å². The Kier molecular flexibility index (Phi) is 3.56. The number of hydrogen-bond donors (Lipinski definition) is 0. The summed E-state index contributed by atoms with van der Waals surface area (Å²) in [6.45, 7) is 4.24. The van der Waals surface area contributed by atoms with Crippen LogP contribution in [-0.2, 0) is 6.54 Å². The molecule has 0 radical (unpaired) electrons. The molecule has 1 fully saturated rings. The third-order valence-electron chi connectivity index (χ3n) is 3.75. The maximum absolute atomic E-state index is 4.29. The summed E-state index contributed by atoms with van der Waals surface area (Å²) in [7, 11) is 0. The van der Waals surface area contributed by atoms with Crippen LogP contribution in [0.5, 0.6) is 0 Å². The van der Waals surface area contributed by atoms with E-state index >= 15 is 0 Å². The van der Waals surface area contributed by atoms with E-state index in [-0.39, 0.29) is 0 Å². The van der Waals surface area contributed by atoms with Gasteiger partial charge >= 0.3 is 0 Å². The van der Waals surface area contributed by atoms with Gasteiger partial charge in [-0.15, -0.1) is 0 Å². The van der Waals surface area contributed by atoms with Crippen LogP contribution in [0.3, 0.4) is 0 Å². The molecule has 0 spiro atoms. The molecule has 1 unspecified atom stereocenters. The number of pyridine rings is 2. The Morgan fingerprint density at radius 1 is 1.26 bits per heavy atom. The van der Waals surface area contributed by atoms with Crippen LogP contribution in [0.2, 0.25) is 0 Å². The van der Waals surface area contributed by atoms with Gasteiger partial charge in [0.25, 0.3) is 0 Å². The van der Waals surface area contributed by atoms with Gasteiger partial charge in [0.2, 0.25) is 0 Å². The molecule has 1 atom stereocenters. The van der Waals surface area contributed by atoms with Crippen LogP contribution in [0, 0.1) is 6.92 Å². The minimum Gasteiger partial charge on any atom is -0.292 e. The van der Waals surface area contributed by atoms with Crippen LogP contribution in [-0.4, -0.2) is 21.4 Å². The number of rotatable bonds is 3. The smallest absolute Gasteiger partial charge is 0.0367 e. The molecular weight excluding hydrogens is 234 g/mol. The summed E-state index contributed by atoms with van der Waals surface area (Å²) in [5.74, 6) is 0. The van der Waals surface area contributed by atoms with Crippen LogP contribution < -0.4 is 0 Å². The van der Waals surface area contributed by atoms with Crippen LogP contribution in [0.1, 0.15) is 35.6 Å². The van der Waals surface area contributed by atoms with Crippen molar-refractivity contribution in [3.63, 3.8) is 0 Å². The lowest BCUT2D eigenvalue weighted by Crippen LogP contribution is -2.22. The van der Waals surface area contributed by atoms with Crippen molar-refractivity contribution in [3.05, 3.63) is 59.7 Å². The molecule has 1 aliphatic heterocycles. The molecule has 2 aromatic heterocycles. The highest BCUT2D eigenvalue weighted by Crippen LogP contribution is 2.32. The van der Waals surface area contributed by atoms with E-state index in [2.05, 4.69) is 33.9 Å². The molecule has 3 heteroatoms. The minimum atomic E-state index is 0.509.